The van der Waals surface area contributed by atoms with Crippen molar-refractivity contribution in [1.29, 1.82) is 0 Å². The van der Waals surface area contributed by atoms with Gasteiger partial charge in [-0.3, -0.25) is 4.98 Å². The Kier molecular flexibility index (Phi) is 2.92. The molecule has 1 aromatic rings. The van der Waals surface area contributed by atoms with E-state index < -0.39 is 0 Å². The molecule has 0 bridgehead atoms. The fourth-order valence-corrected chi connectivity index (χ4v) is 1.11. The van der Waals surface area contributed by atoms with Crippen molar-refractivity contribution < 1.29 is 4.74 Å². The lowest BCUT2D eigenvalue weighted by molar-refractivity contribution is 0.338. The Morgan fingerprint density at radius 2 is 2.40 bits per heavy atom. The average molecular weight is 249 g/mol. The van der Waals surface area contributed by atoms with Crippen molar-refractivity contribution >= 4 is 22.6 Å². The van der Waals surface area contributed by atoms with Crippen molar-refractivity contribution in [2.24, 2.45) is 0 Å². The van der Waals surface area contributed by atoms with E-state index in [4.69, 9.17) is 4.74 Å². The molecule has 0 N–H and O–H groups in total. The van der Waals surface area contributed by atoms with Crippen molar-refractivity contribution in [3.05, 3.63) is 22.0 Å². The first-order valence-corrected chi connectivity index (χ1v) is 4.14. The molecule has 3 heteroatoms. The summed E-state index contributed by atoms with van der Waals surface area (Å²) in [5.41, 5.74) is 0. The molecule has 0 aliphatic rings. The molecule has 1 rings (SSSR count). The van der Waals surface area contributed by atoms with Gasteiger partial charge in [0, 0.05) is 9.77 Å². The molecule has 0 unspecified atom stereocenters. The molecular weight excluding hydrogens is 241 g/mol. The molecule has 0 aliphatic heterocycles. The minimum absolute atomic E-state index is 0.696. The molecule has 0 spiro atoms. The molecule has 0 aliphatic carbocycles. The highest BCUT2D eigenvalue weighted by atomic mass is 127. The maximum atomic E-state index is 5.22. The lowest BCUT2D eigenvalue weighted by atomic mass is 10.5. The van der Waals surface area contributed by atoms with E-state index in [1.165, 1.54) is 0 Å². The second kappa shape index (κ2) is 3.75. The topological polar surface area (TPSA) is 22.1 Å². The van der Waals surface area contributed by atoms with Crippen molar-refractivity contribution in [2.45, 2.75) is 6.92 Å². The third-order valence-electron chi connectivity index (χ3n) is 0.991. The molecule has 0 saturated heterocycles. The Morgan fingerprint density at radius 3 is 3.00 bits per heavy atom. The molecule has 2 nitrogen and oxygen atoms in total. The van der Waals surface area contributed by atoms with Crippen LogP contribution in [-0.4, -0.2) is 11.6 Å². The second-order valence-corrected chi connectivity index (χ2v) is 3.02. The van der Waals surface area contributed by atoms with Crippen LogP contribution in [0.1, 0.15) is 6.92 Å². The fraction of sp³-hybridized carbons (Fsp3) is 0.286. The summed E-state index contributed by atoms with van der Waals surface area (Å²) < 4.78 is 6.32. The first-order valence-electron chi connectivity index (χ1n) is 3.06. The van der Waals surface area contributed by atoms with E-state index >= 15 is 0 Å². The number of hydrogen-bond donors (Lipinski definition) is 0. The molecule has 0 radical (unpaired) electrons. The number of nitrogens with zero attached hydrogens (tertiary/aromatic N) is 1. The molecule has 54 valence electrons. The molecule has 0 aromatic carbocycles. The van der Waals surface area contributed by atoms with Crippen LogP contribution in [0.25, 0.3) is 0 Å². The largest absolute Gasteiger partial charge is 0.492 e. The number of rotatable bonds is 2. The van der Waals surface area contributed by atoms with Gasteiger partial charge in [0.1, 0.15) is 5.75 Å². The van der Waals surface area contributed by atoms with Crippen LogP contribution in [0.2, 0.25) is 0 Å². The Hall–Kier alpha value is -0.320. The van der Waals surface area contributed by atoms with E-state index in [2.05, 4.69) is 27.6 Å². The van der Waals surface area contributed by atoms with Crippen LogP contribution >= 0.6 is 22.6 Å². The van der Waals surface area contributed by atoms with E-state index in [1.54, 1.807) is 12.4 Å². The highest BCUT2D eigenvalue weighted by Gasteiger charge is 1.91. The summed E-state index contributed by atoms with van der Waals surface area (Å²) in [6, 6.07) is 1.96. The highest BCUT2D eigenvalue weighted by Crippen LogP contribution is 2.11. The van der Waals surface area contributed by atoms with Crippen LogP contribution < -0.4 is 4.74 Å². The van der Waals surface area contributed by atoms with Crippen LogP contribution in [0, 0.1) is 3.57 Å². The molecular formula is C7H8INO. The normalized spacial score (nSPS) is 9.40. The van der Waals surface area contributed by atoms with Crippen LogP contribution in [0.4, 0.5) is 0 Å². The van der Waals surface area contributed by atoms with Crippen LogP contribution in [0.3, 0.4) is 0 Å². The first-order chi connectivity index (χ1) is 4.83. The zero-order valence-electron chi connectivity index (χ0n) is 5.67. The van der Waals surface area contributed by atoms with E-state index in [9.17, 15) is 0 Å². The predicted molar refractivity (Wildman–Crippen MR) is 48.1 cm³/mol. The third-order valence-corrected chi connectivity index (χ3v) is 1.58. The lowest BCUT2D eigenvalue weighted by Crippen LogP contribution is -1.91. The molecule has 0 atom stereocenters. The first kappa shape index (κ1) is 7.78. The van der Waals surface area contributed by atoms with Crippen molar-refractivity contribution in [2.75, 3.05) is 6.61 Å². The minimum atomic E-state index is 0.696. The zero-order valence-corrected chi connectivity index (χ0v) is 7.83. The van der Waals surface area contributed by atoms with Gasteiger partial charge in [-0.1, -0.05) is 0 Å². The summed E-state index contributed by atoms with van der Waals surface area (Å²) in [7, 11) is 0. The van der Waals surface area contributed by atoms with Gasteiger partial charge in [-0.2, -0.15) is 0 Å². The summed E-state index contributed by atoms with van der Waals surface area (Å²) in [5, 5.41) is 0. The number of pyridine rings is 1. The van der Waals surface area contributed by atoms with Crippen molar-refractivity contribution in [3.8, 4) is 5.75 Å². The van der Waals surface area contributed by atoms with Gasteiger partial charge in [0.15, 0.2) is 0 Å². The number of hydrogen-bond acceptors (Lipinski definition) is 2. The van der Waals surface area contributed by atoms with Gasteiger partial charge in [-0.15, -0.1) is 0 Å². The number of halogens is 1. The number of ether oxygens (including phenoxy) is 1. The van der Waals surface area contributed by atoms with Crippen molar-refractivity contribution in [3.63, 3.8) is 0 Å². The van der Waals surface area contributed by atoms with Crippen LogP contribution in [0.15, 0.2) is 18.5 Å². The van der Waals surface area contributed by atoms with Crippen LogP contribution in [0.5, 0.6) is 5.75 Å². The molecule has 1 heterocycles. The predicted octanol–water partition coefficient (Wildman–Crippen LogP) is 2.08. The summed E-state index contributed by atoms with van der Waals surface area (Å²) >= 11 is 2.20. The summed E-state index contributed by atoms with van der Waals surface area (Å²) in [4.78, 5) is 3.97. The van der Waals surface area contributed by atoms with Gasteiger partial charge in [-0.25, -0.2) is 0 Å². The van der Waals surface area contributed by atoms with Gasteiger partial charge in [-0.05, 0) is 35.6 Å². The maximum Gasteiger partial charge on any atom is 0.138 e. The van der Waals surface area contributed by atoms with Crippen molar-refractivity contribution in [1.82, 2.24) is 4.98 Å². The monoisotopic (exact) mass is 249 g/mol. The Balaban J connectivity index is 2.75. The van der Waals surface area contributed by atoms with E-state index in [0.717, 1.165) is 9.32 Å². The van der Waals surface area contributed by atoms with E-state index in [1.807, 2.05) is 13.0 Å². The third kappa shape index (κ3) is 2.13. The fourth-order valence-electron chi connectivity index (χ4n) is 0.638. The molecule has 10 heavy (non-hydrogen) atoms. The summed E-state index contributed by atoms with van der Waals surface area (Å²) in [6.45, 7) is 2.65. The van der Waals surface area contributed by atoms with E-state index in [0.29, 0.717) is 6.61 Å². The molecule has 0 fully saturated rings. The quantitative estimate of drug-likeness (QED) is 0.748. The lowest BCUT2D eigenvalue weighted by Gasteiger charge is -2.00. The highest BCUT2D eigenvalue weighted by molar-refractivity contribution is 14.1. The second-order valence-electron chi connectivity index (χ2n) is 1.77. The van der Waals surface area contributed by atoms with Gasteiger partial charge in [0.05, 0.1) is 12.8 Å². The molecule has 0 amide bonds. The summed E-state index contributed by atoms with van der Waals surface area (Å²) in [5.74, 6) is 0.842. The maximum absolute atomic E-state index is 5.22. The molecule has 1 aromatic heterocycles. The standard InChI is InChI=1S/C7H8INO/c1-2-10-7-3-6(8)4-9-5-7/h3-5H,2H2,1H3. The number of aromatic nitrogens is 1. The van der Waals surface area contributed by atoms with Gasteiger partial charge in [0.2, 0.25) is 0 Å². The van der Waals surface area contributed by atoms with E-state index in [-0.39, 0.29) is 0 Å². The smallest absolute Gasteiger partial charge is 0.138 e. The van der Waals surface area contributed by atoms with Crippen LogP contribution in [-0.2, 0) is 0 Å². The van der Waals surface area contributed by atoms with Gasteiger partial charge >= 0.3 is 0 Å². The average Bonchev–Trinajstić information content (AvgIpc) is 1.88. The SMILES string of the molecule is CCOc1cncc(I)c1. The Morgan fingerprint density at radius 1 is 1.60 bits per heavy atom. The van der Waals surface area contributed by atoms with Gasteiger partial charge < -0.3 is 4.74 Å². The Labute approximate surface area is 73.8 Å². The zero-order chi connectivity index (χ0) is 7.40. The Bertz CT molecular complexity index is 215. The molecule has 0 saturated carbocycles. The summed E-state index contributed by atoms with van der Waals surface area (Å²) in [6.07, 6.45) is 3.51. The van der Waals surface area contributed by atoms with Gasteiger partial charge in [0.25, 0.3) is 0 Å². The minimum Gasteiger partial charge on any atom is -0.492 e.